The Bertz CT molecular complexity index is 672. The molecule has 0 saturated heterocycles. The second-order valence-corrected chi connectivity index (χ2v) is 9.00. The molecular weight excluding hydrogens is 361 g/mol. The fraction of sp³-hybridized carbons (Fsp3) is 0.429. The monoisotopic (exact) mass is 391 g/mol. The van der Waals surface area contributed by atoms with Crippen LogP contribution in [0.1, 0.15) is 37.1 Å². The van der Waals surface area contributed by atoms with E-state index >= 15 is 0 Å². The third kappa shape index (κ3) is 6.00. The molecule has 0 aliphatic heterocycles. The summed E-state index contributed by atoms with van der Waals surface area (Å²) in [6.45, 7) is 4.59. The zero-order chi connectivity index (χ0) is 19.9. The second kappa shape index (κ2) is 10.2. The van der Waals surface area contributed by atoms with E-state index in [4.69, 9.17) is 9.05 Å². The minimum absolute atomic E-state index is 0.0421. The van der Waals surface area contributed by atoms with E-state index in [0.717, 1.165) is 11.1 Å². The van der Waals surface area contributed by atoms with Gasteiger partial charge in [-0.1, -0.05) is 60.7 Å². The van der Waals surface area contributed by atoms with Crippen molar-refractivity contribution in [1.82, 2.24) is 4.90 Å². The Morgan fingerprint density at radius 2 is 1.30 bits per heavy atom. The predicted molar refractivity (Wildman–Crippen MR) is 109 cm³/mol. The molecule has 0 bridgehead atoms. The van der Waals surface area contributed by atoms with Gasteiger partial charge in [0.1, 0.15) is 0 Å². The molecule has 2 aromatic carbocycles. The average molecular weight is 391 g/mol. The van der Waals surface area contributed by atoms with Gasteiger partial charge in [0, 0.05) is 32.8 Å². The Kier molecular flexibility index (Phi) is 8.21. The van der Waals surface area contributed by atoms with Crippen molar-refractivity contribution in [1.29, 1.82) is 0 Å². The van der Waals surface area contributed by atoms with Crippen molar-refractivity contribution in [3.63, 3.8) is 0 Å². The second-order valence-electron chi connectivity index (χ2n) is 6.68. The number of aliphatic hydroxyl groups excluding tert-OH is 1. The Hall–Kier alpha value is -1.49. The molecule has 3 atom stereocenters. The smallest absolute Gasteiger partial charge is 0.332 e. The molecule has 0 radical (unpaired) electrons. The van der Waals surface area contributed by atoms with Gasteiger partial charge >= 0.3 is 7.60 Å². The molecule has 6 heteroatoms. The molecule has 0 amide bonds. The fourth-order valence-electron chi connectivity index (χ4n) is 3.28. The van der Waals surface area contributed by atoms with Crippen LogP contribution in [0.25, 0.3) is 0 Å². The van der Waals surface area contributed by atoms with Crippen molar-refractivity contribution in [2.24, 2.45) is 0 Å². The Morgan fingerprint density at radius 3 is 1.67 bits per heavy atom. The van der Waals surface area contributed by atoms with Crippen molar-refractivity contribution >= 4 is 7.60 Å². The molecule has 1 N–H and O–H groups in total. The Morgan fingerprint density at radius 1 is 0.889 bits per heavy atom. The van der Waals surface area contributed by atoms with Gasteiger partial charge in [0.2, 0.25) is 0 Å². The van der Waals surface area contributed by atoms with Crippen LogP contribution in [0.4, 0.5) is 0 Å². The summed E-state index contributed by atoms with van der Waals surface area (Å²) >= 11 is 0. The first kappa shape index (κ1) is 21.8. The zero-order valence-corrected chi connectivity index (χ0v) is 17.4. The number of hydrogen-bond acceptors (Lipinski definition) is 5. The zero-order valence-electron chi connectivity index (χ0n) is 16.5. The van der Waals surface area contributed by atoms with Crippen LogP contribution in [-0.4, -0.2) is 43.0 Å². The summed E-state index contributed by atoms with van der Waals surface area (Å²) < 4.78 is 22.4. The summed E-state index contributed by atoms with van der Waals surface area (Å²) in [6.07, 6.45) is -0.882. The normalized spacial score (nSPS) is 15.5. The number of nitrogens with zero attached hydrogens (tertiary/aromatic N) is 1. The first-order chi connectivity index (χ1) is 12.9. The van der Waals surface area contributed by atoms with Crippen LogP contribution in [0, 0.1) is 0 Å². The molecule has 0 fully saturated rings. The molecule has 0 aliphatic carbocycles. The van der Waals surface area contributed by atoms with E-state index < -0.39 is 13.7 Å². The molecule has 0 aromatic heterocycles. The quantitative estimate of drug-likeness (QED) is 0.597. The predicted octanol–water partition coefficient (Wildman–Crippen LogP) is 4.66. The van der Waals surface area contributed by atoms with E-state index in [0.29, 0.717) is 6.54 Å². The van der Waals surface area contributed by atoms with Crippen molar-refractivity contribution in [2.45, 2.75) is 32.0 Å². The highest BCUT2D eigenvalue weighted by atomic mass is 31.2. The highest BCUT2D eigenvalue weighted by Gasteiger charge is 2.30. The third-order valence-corrected chi connectivity index (χ3v) is 6.95. The standard InChI is InChI=1S/C21H30NO4P/c1-17(19-11-7-5-8-12-19)22(18(2)20-13-9-6-10-14-20)15-21(23)16-27(24,25-3)26-4/h5-14,17-18,21,23H,15-16H2,1-4H3/t17-,18-,21-/m0/s1. The van der Waals surface area contributed by atoms with Crippen molar-refractivity contribution in [2.75, 3.05) is 26.9 Å². The lowest BCUT2D eigenvalue weighted by Crippen LogP contribution is -2.38. The highest BCUT2D eigenvalue weighted by Crippen LogP contribution is 2.47. The fourth-order valence-corrected chi connectivity index (χ4v) is 4.36. The van der Waals surface area contributed by atoms with Gasteiger partial charge in [0.15, 0.2) is 0 Å². The van der Waals surface area contributed by atoms with Crippen molar-refractivity contribution in [3.05, 3.63) is 71.8 Å². The van der Waals surface area contributed by atoms with Crippen LogP contribution in [-0.2, 0) is 13.6 Å². The summed E-state index contributed by atoms with van der Waals surface area (Å²) in [4.78, 5) is 2.21. The van der Waals surface area contributed by atoms with Gasteiger partial charge in [0.05, 0.1) is 12.3 Å². The molecule has 148 valence electrons. The molecule has 2 rings (SSSR count). The van der Waals surface area contributed by atoms with Gasteiger partial charge in [-0.05, 0) is 25.0 Å². The summed E-state index contributed by atoms with van der Waals surface area (Å²) in [5.41, 5.74) is 2.32. The first-order valence-corrected chi connectivity index (χ1v) is 10.9. The van der Waals surface area contributed by atoms with Gasteiger partial charge in [-0.25, -0.2) is 0 Å². The van der Waals surface area contributed by atoms with Gasteiger partial charge in [-0.15, -0.1) is 0 Å². The molecular formula is C21H30NO4P. The molecule has 0 heterocycles. The molecule has 0 unspecified atom stereocenters. The topological polar surface area (TPSA) is 59.0 Å². The maximum atomic E-state index is 12.4. The molecule has 0 aliphatic rings. The van der Waals surface area contributed by atoms with Crippen LogP contribution in [0.15, 0.2) is 60.7 Å². The minimum atomic E-state index is -3.27. The van der Waals surface area contributed by atoms with Crippen LogP contribution in [0.2, 0.25) is 0 Å². The number of rotatable bonds is 10. The van der Waals surface area contributed by atoms with Crippen molar-refractivity contribution in [3.8, 4) is 0 Å². The third-order valence-electron chi connectivity index (χ3n) is 4.97. The lowest BCUT2D eigenvalue weighted by atomic mass is 10.0. The summed E-state index contributed by atoms with van der Waals surface area (Å²) in [6, 6.07) is 20.5. The van der Waals surface area contributed by atoms with E-state index in [-0.39, 0.29) is 18.2 Å². The Labute approximate surface area is 162 Å². The van der Waals surface area contributed by atoms with Gasteiger partial charge in [0.25, 0.3) is 0 Å². The molecule has 27 heavy (non-hydrogen) atoms. The highest BCUT2D eigenvalue weighted by molar-refractivity contribution is 7.53. The van der Waals surface area contributed by atoms with E-state index in [9.17, 15) is 9.67 Å². The van der Waals surface area contributed by atoms with Crippen LogP contribution in [0.5, 0.6) is 0 Å². The minimum Gasteiger partial charge on any atom is -0.391 e. The molecule has 0 saturated carbocycles. The summed E-state index contributed by atoms with van der Waals surface area (Å²) in [5, 5.41) is 10.6. The summed E-state index contributed by atoms with van der Waals surface area (Å²) in [5.74, 6) is 0. The number of aliphatic hydroxyl groups is 1. The SMILES string of the molecule is COP(=O)(C[C@@H](O)CN([C@@H](C)c1ccccc1)[C@@H](C)c1ccccc1)OC. The van der Waals surface area contributed by atoms with Gasteiger partial charge < -0.3 is 14.2 Å². The lowest BCUT2D eigenvalue weighted by molar-refractivity contribution is 0.0725. The van der Waals surface area contributed by atoms with Crippen LogP contribution < -0.4 is 0 Å². The first-order valence-electron chi connectivity index (χ1n) is 9.14. The summed E-state index contributed by atoms with van der Waals surface area (Å²) in [7, 11) is -0.592. The van der Waals surface area contributed by atoms with E-state index in [2.05, 4.69) is 43.0 Å². The average Bonchev–Trinajstić information content (AvgIpc) is 2.72. The molecule has 2 aromatic rings. The maximum Gasteiger partial charge on any atom is 0.332 e. The number of hydrogen-bond donors (Lipinski definition) is 1. The van der Waals surface area contributed by atoms with E-state index in [1.54, 1.807) is 0 Å². The number of benzene rings is 2. The molecule has 5 nitrogen and oxygen atoms in total. The lowest BCUT2D eigenvalue weighted by Gasteiger charge is -2.37. The maximum absolute atomic E-state index is 12.4. The van der Waals surface area contributed by atoms with E-state index in [1.165, 1.54) is 14.2 Å². The van der Waals surface area contributed by atoms with Crippen LogP contribution in [0.3, 0.4) is 0 Å². The van der Waals surface area contributed by atoms with Crippen LogP contribution >= 0.6 is 7.60 Å². The van der Waals surface area contributed by atoms with E-state index in [1.807, 2.05) is 36.4 Å². The largest absolute Gasteiger partial charge is 0.391 e. The van der Waals surface area contributed by atoms with Crippen molar-refractivity contribution < 1.29 is 18.7 Å². The Balaban J connectivity index is 2.25. The van der Waals surface area contributed by atoms with Gasteiger partial charge in [-0.3, -0.25) is 9.46 Å². The van der Waals surface area contributed by atoms with Gasteiger partial charge in [-0.2, -0.15) is 0 Å². The molecule has 0 spiro atoms.